The number of carbonyl (C=O) groups is 1. The monoisotopic (exact) mass is 449 g/mol. The zero-order valence-electron chi connectivity index (χ0n) is 8.93. The largest absolute Gasteiger partial charge is 0.336 e. The molecule has 2 nitrogen and oxygen atoms in total. The maximum atomic E-state index is 12.3. The van der Waals surface area contributed by atoms with Gasteiger partial charge in [-0.15, -0.1) is 23.2 Å². The summed E-state index contributed by atoms with van der Waals surface area (Å²) in [6.45, 7) is 1.02. The quantitative estimate of drug-likeness (QED) is 0.491. The molecule has 0 bridgehead atoms. The van der Waals surface area contributed by atoms with E-state index in [1.54, 1.807) is 4.90 Å². The predicted octanol–water partition coefficient (Wildman–Crippen LogP) is 3.97. The van der Waals surface area contributed by atoms with Gasteiger partial charge in [0.1, 0.15) is 0 Å². The van der Waals surface area contributed by atoms with Crippen molar-refractivity contribution in [3.63, 3.8) is 0 Å². The highest BCUT2D eigenvalue weighted by Crippen LogP contribution is 2.20. The molecule has 0 N–H and O–H groups in total. The average Bonchev–Trinajstić information content (AvgIpc) is 2.31. The normalized spacial score (nSPS) is 10.4. The predicted molar refractivity (Wildman–Crippen MR) is 84.2 cm³/mol. The van der Waals surface area contributed by atoms with Crippen LogP contribution < -0.4 is 0 Å². The van der Waals surface area contributed by atoms with E-state index in [-0.39, 0.29) is 5.91 Å². The van der Waals surface area contributed by atoms with Crippen molar-refractivity contribution in [3.8, 4) is 0 Å². The zero-order valence-corrected chi connectivity index (χ0v) is 14.2. The van der Waals surface area contributed by atoms with Gasteiger partial charge in [-0.2, -0.15) is 0 Å². The van der Waals surface area contributed by atoms with Crippen LogP contribution in [0.5, 0.6) is 0 Å². The Hall–Kier alpha value is 0.480. The highest BCUT2D eigenvalue weighted by molar-refractivity contribution is 14.1. The second-order valence-corrected chi connectivity index (χ2v) is 6.13. The van der Waals surface area contributed by atoms with E-state index in [9.17, 15) is 4.79 Å². The van der Waals surface area contributed by atoms with Crippen molar-refractivity contribution in [3.05, 3.63) is 31.8 Å². The Morgan fingerprint density at radius 2 is 1.88 bits per heavy atom. The minimum Gasteiger partial charge on any atom is -0.336 e. The molecule has 0 saturated carbocycles. The third kappa shape index (κ3) is 4.58. The molecule has 1 aromatic rings. The third-order valence-electron chi connectivity index (χ3n) is 2.15. The topological polar surface area (TPSA) is 20.3 Å². The Balaban J connectivity index is 2.95. The minimum atomic E-state index is -0.0306. The van der Waals surface area contributed by atoms with Crippen LogP contribution in [0.25, 0.3) is 0 Å². The van der Waals surface area contributed by atoms with Crippen molar-refractivity contribution in [2.45, 2.75) is 0 Å². The van der Waals surface area contributed by atoms with Gasteiger partial charge >= 0.3 is 0 Å². The van der Waals surface area contributed by atoms with Crippen LogP contribution >= 0.6 is 61.7 Å². The molecule has 0 atom stereocenters. The summed E-state index contributed by atoms with van der Waals surface area (Å²) in [7, 11) is 0. The van der Waals surface area contributed by atoms with Gasteiger partial charge in [-0.1, -0.05) is 15.9 Å². The second-order valence-electron chi connectivity index (χ2n) is 3.29. The molecular weight excluding hydrogens is 440 g/mol. The van der Waals surface area contributed by atoms with Gasteiger partial charge in [0.2, 0.25) is 0 Å². The smallest absolute Gasteiger partial charge is 0.255 e. The molecular formula is C11H11BrCl2INO. The van der Waals surface area contributed by atoms with E-state index >= 15 is 0 Å². The number of alkyl halides is 2. The third-order valence-corrected chi connectivity index (χ3v) is 3.93. The first-order chi connectivity index (χ1) is 8.10. The van der Waals surface area contributed by atoms with Crippen molar-refractivity contribution >= 4 is 67.6 Å². The van der Waals surface area contributed by atoms with Crippen molar-refractivity contribution in [1.29, 1.82) is 0 Å². The molecule has 0 saturated heterocycles. The summed E-state index contributed by atoms with van der Waals surface area (Å²) in [5.74, 6) is 0.789. The lowest BCUT2D eigenvalue weighted by atomic mass is 10.2. The highest BCUT2D eigenvalue weighted by atomic mass is 127. The number of rotatable bonds is 5. The molecule has 0 aliphatic heterocycles. The Morgan fingerprint density at radius 3 is 2.41 bits per heavy atom. The molecule has 0 spiro atoms. The second kappa shape index (κ2) is 7.81. The van der Waals surface area contributed by atoms with E-state index in [0.717, 1.165) is 8.04 Å². The zero-order chi connectivity index (χ0) is 12.8. The number of carbonyl (C=O) groups excluding carboxylic acids is 1. The van der Waals surface area contributed by atoms with Gasteiger partial charge in [-0.3, -0.25) is 4.79 Å². The van der Waals surface area contributed by atoms with Gasteiger partial charge in [-0.25, -0.2) is 0 Å². The van der Waals surface area contributed by atoms with Crippen LogP contribution in [0.1, 0.15) is 10.4 Å². The first kappa shape index (κ1) is 15.5. The molecule has 1 rings (SSSR count). The first-order valence-corrected chi connectivity index (χ1v) is 7.90. The summed E-state index contributed by atoms with van der Waals surface area (Å²) < 4.78 is 1.81. The molecule has 1 aromatic carbocycles. The maximum Gasteiger partial charge on any atom is 0.255 e. The van der Waals surface area contributed by atoms with E-state index in [2.05, 4.69) is 38.5 Å². The van der Waals surface area contributed by atoms with Crippen LogP contribution in [0.3, 0.4) is 0 Å². The summed E-state index contributed by atoms with van der Waals surface area (Å²) in [5, 5.41) is 0. The number of hydrogen-bond donors (Lipinski definition) is 0. The van der Waals surface area contributed by atoms with Crippen molar-refractivity contribution in [2.75, 3.05) is 24.8 Å². The van der Waals surface area contributed by atoms with Crippen LogP contribution in [-0.4, -0.2) is 35.7 Å². The standard InChI is InChI=1S/C11H11BrCl2INO/c12-8-1-2-10(15)9(7-8)11(17)16(5-3-13)6-4-14/h1-2,7H,3-6H2. The SMILES string of the molecule is O=C(c1cc(Br)ccc1I)N(CCCl)CCCl. The van der Waals surface area contributed by atoms with Crippen LogP contribution in [-0.2, 0) is 0 Å². The lowest BCUT2D eigenvalue weighted by Crippen LogP contribution is -2.34. The number of benzene rings is 1. The Morgan fingerprint density at radius 1 is 1.29 bits per heavy atom. The number of nitrogens with zero attached hydrogens (tertiary/aromatic N) is 1. The number of halogens is 4. The molecule has 0 heterocycles. The van der Waals surface area contributed by atoms with E-state index in [1.165, 1.54) is 0 Å². The van der Waals surface area contributed by atoms with Gasteiger partial charge < -0.3 is 4.90 Å². The molecule has 0 radical (unpaired) electrons. The van der Waals surface area contributed by atoms with Gasteiger partial charge in [0.25, 0.3) is 5.91 Å². The lowest BCUT2D eigenvalue weighted by molar-refractivity contribution is 0.0774. The lowest BCUT2D eigenvalue weighted by Gasteiger charge is -2.21. The summed E-state index contributed by atoms with van der Waals surface area (Å²) in [5.41, 5.74) is 0.676. The Kier molecular flexibility index (Phi) is 7.14. The van der Waals surface area contributed by atoms with Gasteiger partial charge in [0.05, 0.1) is 5.56 Å². The molecule has 6 heteroatoms. The fourth-order valence-corrected chi connectivity index (χ4v) is 2.69. The summed E-state index contributed by atoms with van der Waals surface area (Å²) in [6.07, 6.45) is 0. The van der Waals surface area contributed by atoms with Gasteiger partial charge in [0, 0.05) is 32.9 Å². The molecule has 94 valence electrons. The van der Waals surface area contributed by atoms with Crippen LogP contribution in [0.2, 0.25) is 0 Å². The number of amides is 1. The molecule has 0 aliphatic carbocycles. The molecule has 0 fully saturated rings. The van der Waals surface area contributed by atoms with E-state index in [0.29, 0.717) is 30.4 Å². The van der Waals surface area contributed by atoms with Crippen molar-refractivity contribution < 1.29 is 4.79 Å². The molecule has 17 heavy (non-hydrogen) atoms. The fourth-order valence-electron chi connectivity index (χ4n) is 1.35. The van der Waals surface area contributed by atoms with E-state index < -0.39 is 0 Å². The summed E-state index contributed by atoms with van der Waals surface area (Å²) >= 11 is 16.9. The molecule has 1 amide bonds. The van der Waals surface area contributed by atoms with E-state index in [4.69, 9.17) is 23.2 Å². The van der Waals surface area contributed by atoms with E-state index in [1.807, 2.05) is 18.2 Å². The van der Waals surface area contributed by atoms with Gasteiger partial charge in [-0.05, 0) is 40.8 Å². The Bertz CT molecular complexity index is 397. The molecule has 0 unspecified atom stereocenters. The average molecular weight is 451 g/mol. The number of hydrogen-bond acceptors (Lipinski definition) is 1. The van der Waals surface area contributed by atoms with Crippen LogP contribution in [0, 0.1) is 3.57 Å². The molecule has 0 aliphatic rings. The fraction of sp³-hybridized carbons (Fsp3) is 0.364. The van der Waals surface area contributed by atoms with Crippen molar-refractivity contribution in [2.24, 2.45) is 0 Å². The maximum absolute atomic E-state index is 12.3. The Labute approximate surface area is 133 Å². The first-order valence-electron chi connectivity index (χ1n) is 4.96. The van der Waals surface area contributed by atoms with Crippen molar-refractivity contribution in [1.82, 2.24) is 4.90 Å². The van der Waals surface area contributed by atoms with Crippen LogP contribution in [0.15, 0.2) is 22.7 Å². The minimum absolute atomic E-state index is 0.0306. The van der Waals surface area contributed by atoms with Gasteiger partial charge in [0.15, 0.2) is 0 Å². The summed E-state index contributed by atoms with van der Waals surface area (Å²) in [4.78, 5) is 14.0. The van der Waals surface area contributed by atoms with Crippen LogP contribution in [0.4, 0.5) is 0 Å². The highest BCUT2D eigenvalue weighted by Gasteiger charge is 2.17. The molecule has 0 aromatic heterocycles. The summed E-state index contributed by atoms with van der Waals surface area (Å²) in [6, 6.07) is 5.63.